The quantitative estimate of drug-likeness (QED) is 0.826. The molecule has 0 radical (unpaired) electrons. The molecule has 1 N–H and O–H groups in total. The summed E-state index contributed by atoms with van der Waals surface area (Å²) in [5, 5.41) is 8.60. The van der Waals surface area contributed by atoms with Crippen molar-refractivity contribution in [3.63, 3.8) is 0 Å². The lowest BCUT2D eigenvalue weighted by Crippen LogP contribution is -2.24. The summed E-state index contributed by atoms with van der Waals surface area (Å²) in [6, 6.07) is 9.07. The Morgan fingerprint density at radius 2 is 1.69 bits per heavy atom. The Morgan fingerprint density at radius 1 is 1.06 bits per heavy atom. The average molecular weight is 232 g/mol. The second kappa shape index (κ2) is 5.89. The summed E-state index contributed by atoms with van der Waals surface area (Å²) in [4.78, 5) is 0. The van der Waals surface area contributed by atoms with Crippen molar-refractivity contribution in [1.29, 1.82) is 0 Å². The van der Waals surface area contributed by atoms with E-state index < -0.39 is 18.7 Å². The molecule has 1 atom stereocenters. The Kier molecular flexibility index (Phi) is 4.80. The highest BCUT2D eigenvalue weighted by Gasteiger charge is 2.38. The first-order valence-electron chi connectivity index (χ1n) is 5.25. The molecular formula is C12H15F3O. The van der Waals surface area contributed by atoms with Gasteiger partial charge in [-0.2, -0.15) is 13.2 Å². The van der Waals surface area contributed by atoms with E-state index in [0.717, 1.165) is 5.56 Å². The van der Waals surface area contributed by atoms with Crippen molar-refractivity contribution in [2.45, 2.75) is 25.4 Å². The van der Waals surface area contributed by atoms with Gasteiger partial charge in [-0.25, -0.2) is 0 Å². The van der Waals surface area contributed by atoms with Gasteiger partial charge in [-0.1, -0.05) is 30.3 Å². The Labute approximate surface area is 92.9 Å². The fourth-order valence-corrected chi connectivity index (χ4v) is 1.61. The van der Waals surface area contributed by atoms with E-state index in [1.54, 1.807) is 0 Å². The van der Waals surface area contributed by atoms with Crippen LogP contribution >= 0.6 is 0 Å². The molecular weight excluding hydrogens is 217 g/mol. The van der Waals surface area contributed by atoms with Crippen molar-refractivity contribution < 1.29 is 18.3 Å². The number of alkyl halides is 3. The highest BCUT2D eigenvalue weighted by Crippen LogP contribution is 2.32. The van der Waals surface area contributed by atoms with Crippen molar-refractivity contribution in [3.05, 3.63) is 35.9 Å². The largest absolute Gasteiger partial charge is 0.396 e. The summed E-state index contributed by atoms with van der Waals surface area (Å²) in [5.41, 5.74) is 0.898. The smallest absolute Gasteiger partial charge is 0.391 e. The van der Waals surface area contributed by atoms with E-state index in [0.29, 0.717) is 6.42 Å². The van der Waals surface area contributed by atoms with Gasteiger partial charge in [0, 0.05) is 6.61 Å². The van der Waals surface area contributed by atoms with E-state index >= 15 is 0 Å². The number of hydrogen-bond donors (Lipinski definition) is 1. The van der Waals surface area contributed by atoms with Crippen LogP contribution in [0, 0.1) is 5.92 Å². The number of aryl methyl sites for hydroxylation is 1. The predicted molar refractivity (Wildman–Crippen MR) is 56.0 cm³/mol. The second-order valence-corrected chi connectivity index (χ2v) is 3.78. The third-order valence-electron chi connectivity index (χ3n) is 2.56. The monoisotopic (exact) mass is 232 g/mol. The van der Waals surface area contributed by atoms with Crippen molar-refractivity contribution in [1.82, 2.24) is 0 Å². The molecule has 1 nitrogen and oxygen atoms in total. The van der Waals surface area contributed by atoms with Crippen LogP contribution in [0.2, 0.25) is 0 Å². The van der Waals surface area contributed by atoms with Gasteiger partial charge in [0.15, 0.2) is 0 Å². The first-order chi connectivity index (χ1) is 7.54. The second-order valence-electron chi connectivity index (χ2n) is 3.78. The average Bonchev–Trinajstić information content (AvgIpc) is 2.24. The number of aliphatic hydroxyl groups excluding tert-OH is 1. The first kappa shape index (κ1) is 13.0. The van der Waals surface area contributed by atoms with E-state index in [4.69, 9.17) is 5.11 Å². The molecule has 0 heterocycles. The molecule has 1 aromatic rings. The summed E-state index contributed by atoms with van der Waals surface area (Å²) >= 11 is 0. The summed E-state index contributed by atoms with van der Waals surface area (Å²) in [6.45, 7) is -0.418. The maximum atomic E-state index is 12.5. The van der Waals surface area contributed by atoms with E-state index in [1.165, 1.54) is 0 Å². The molecule has 0 saturated carbocycles. The molecule has 0 aliphatic carbocycles. The summed E-state index contributed by atoms with van der Waals surface area (Å²) in [5.74, 6) is -1.40. The molecule has 0 spiro atoms. The Hall–Kier alpha value is -1.03. The Bertz CT molecular complexity index is 295. The van der Waals surface area contributed by atoms with Gasteiger partial charge in [-0.15, -0.1) is 0 Å². The summed E-state index contributed by atoms with van der Waals surface area (Å²) in [7, 11) is 0. The fourth-order valence-electron chi connectivity index (χ4n) is 1.61. The molecule has 90 valence electrons. The lowest BCUT2D eigenvalue weighted by atomic mass is 9.96. The zero-order chi connectivity index (χ0) is 12.0. The highest BCUT2D eigenvalue weighted by molar-refractivity contribution is 5.14. The van der Waals surface area contributed by atoms with Crippen LogP contribution in [0.3, 0.4) is 0 Å². The molecule has 0 aromatic heterocycles. The van der Waals surface area contributed by atoms with E-state index in [9.17, 15) is 13.2 Å². The van der Waals surface area contributed by atoms with Crippen LogP contribution in [0.1, 0.15) is 18.4 Å². The molecule has 0 unspecified atom stereocenters. The molecule has 0 fully saturated rings. The maximum Gasteiger partial charge on any atom is 0.391 e. The van der Waals surface area contributed by atoms with Crippen LogP contribution in [0.5, 0.6) is 0 Å². The van der Waals surface area contributed by atoms with E-state index in [2.05, 4.69) is 0 Å². The van der Waals surface area contributed by atoms with Gasteiger partial charge in [0.1, 0.15) is 0 Å². The molecule has 1 aromatic carbocycles. The van der Waals surface area contributed by atoms with Gasteiger partial charge in [0.2, 0.25) is 0 Å². The number of rotatable bonds is 5. The van der Waals surface area contributed by atoms with Gasteiger partial charge in [0.05, 0.1) is 5.92 Å². The van der Waals surface area contributed by atoms with Gasteiger partial charge < -0.3 is 5.11 Å². The van der Waals surface area contributed by atoms with Gasteiger partial charge in [-0.05, 0) is 24.8 Å². The highest BCUT2D eigenvalue weighted by atomic mass is 19.4. The molecule has 0 saturated heterocycles. The van der Waals surface area contributed by atoms with Crippen molar-refractivity contribution >= 4 is 0 Å². The number of halogens is 3. The minimum absolute atomic E-state index is 0.0358. The SMILES string of the molecule is OCC[C@@H](CCc1ccccc1)C(F)(F)F. The van der Waals surface area contributed by atoms with Crippen LogP contribution in [-0.4, -0.2) is 17.9 Å². The summed E-state index contributed by atoms with van der Waals surface area (Å²) < 4.78 is 37.5. The van der Waals surface area contributed by atoms with Crippen molar-refractivity contribution in [2.75, 3.05) is 6.61 Å². The van der Waals surface area contributed by atoms with Gasteiger partial charge in [0.25, 0.3) is 0 Å². The standard InChI is InChI=1S/C12H15F3O/c13-12(14,15)11(8-9-16)7-6-10-4-2-1-3-5-10/h1-5,11,16H,6-9H2/t11-/m1/s1. The number of benzene rings is 1. The zero-order valence-corrected chi connectivity index (χ0v) is 8.87. The zero-order valence-electron chi connectivity index (χ0n) is 8.87. The molecule has 0 aliphatic heterocycles. The molecule has 0 aliphatic rings. The third-order valence-corrected chi connectivity index (χ3v) is 2.56. The minimum Gasteiger partial charge on any atom is -0.396 e. The predicted octanol–water partition coefficient (Wildman–Crippen LogP) is 3.18. The Balaban J connectivity index is 2.51. The van der Waals surface area contributed by atoms with Crippen LogP contribution in [0.15, 0.2) is 30.3 Å². The van der Waals surface area contributed by atoms with E-state index in [1.807, 2.05) is 30.3 Å². The lowest BCUT2D eigenvalue weighted by molar-refractivity contribution is -0.179. The molecule has 4 heteroatoms. The molecule has 0 bridgehead atoms. The topological polar surface area (TPSA) is 20.2 Å². The number of hydrogen-bond acceptors (Lipinski definition) is 1. The number of aliphatic hydroxyl groups is 1. The molecule has 1 rings (SSSR count). The van der Waals surface area contributed by atoms with Crippen LogP contribution in [-0.2, 0) is 6.42 Å². The van der Waals surface area contributed by atoms with Gasteiger partial charge in [-0.3, -0.25) is 0 Å². The molecule has 0 amide bonds. The van der Waals surface area contributed by atoms with Crippen molar-refractivity contribution in [3.8, 4) is 0 Å². The summed E-state index contributed by atoms with van der Waals surface area (Å²) in [6.07, 6.45) is -3.99. The van der Waals surface area contributed by atoms with E-state index in [-0.39, 0.29) is 12.8 Å². The van der Waals surface area contributed by atoms with Crippen LogP contribution in [0.4, 0.5) is 13.2 Å². The third kappa shape index (κ3) is 4.23. The van der Waals surface area contributed by atoms with Crippen LogP contribution < -0.4 is 0 Å². The van der Waals surface area contributed by atoms with Crippen molar-refractivity contribution in [2.24, 2.45) is 5.92 Å². The molecule has 16 heavy (non-hydrogen) atoms. The van der Waals surface area contributed by atoms with Crippen LogP contribution in [0.25, 0.3) is 0 Å². The normalized spacial score (nSPS) is 13.8. The first-order valence-corrected chi connectivity index (χ1v) is 5.25. The fraction of sp³-hybridized carbons (Fsp3) is 0.500. The maximum absolute atomic E-state index is 12.5. The Morgan fingerprint density at radius 3 is 2.19 bits per heavy atom. The minimum atomic E-state index is -4.21. The van der Waals surface area contributed by atoms with Gasteiger partial charge >= 0.3 is 6.18 Å². The lowest BCUT2D eigenvalue weighted by Gasteiger charge is -2.19.